The van der Waals surface area contributed by atoms with E-state index in [2.05, 4.69) is 6.58 Å². The highest BCUT2D eigenvalue weighted by molar-refractivity contribution is 6.00. The van der Waals surface area contributed by atoms with Gasteiger partial charge >= 0.3 is 0 Å². The van der Waals surface area contributed by atoms with E-state index in [1.807, 2.05) is 29.2 Å². The first-order chi connectivity index (χ1) is 13.2. The normalized spacial score (nSPS) is 22.1. The third-order valence-electron chi connectivity index (χ3n) is 4.96. The number of carbonyl (C=O) groups excluding carboxylic acids is 1. The number of aliphatic hydroxyl groups is 1. The van der Waals surface area contributed by atoms with E-state index in [-0.39, 0.29) is 19.1 Å². The molecule has 2 heterocycles. The highest BCUT2D eigenvalue weighted by Crippen LogP contribution is 2.30. The van der Waals surface area contributed by atoms with Gasteiger partial charge < -0.3 is 19.5 Å². The fraction of sp³-hybridized carbons (Fsp3) is 0.524. The Bertz CT molecular complexity index is 680. The lowest BCUT2D eigenvalue weighted by atomic mass is 9.94. The molecule has 1 atom stereocenters. The molecule has 6 heteroatoms. The lowest BCUT2D eigenvalue weighted by molar-refractivity contribution is -0.138. The minimum atomic E-state index is -0.898. The molecule has 0 radical (unpaired) electrons. The van der Waals surface area contributed by atoms with Crippen LogP contribution in [0.2, 0.25) is 0 Å². The minimum absolute atomic E-state index is 0.0426. The van der Waals surface area contributed by atoms with Crippen molar-refractivity contribution in [1.82, 2.24) is 4.90 Å². The van der Waals surface area contributed by atoms with Gasteiger partial charge in [-0.05, 0) is 43.5 Å². The van der Waals surface area contributed by atoms with Gasteiger partial charge in [0.1, 0.15) is 12.4 Å². The van der Waals surface area contributed by atoms with Gasteiger partial charge in [0.05, 0.1) is 6.61 Å². The van der Waals surface area contributed by atoms with Gasteiger partial charge in [-0.1, -0.05) is 6.08 Å². The Morgan fingerprint density at radius 1 is 1.30 bits per heavy atom. The molecule has 1 saturated heterocycles. The first kappa shape index (κ1) is 19.4. The lowest BCUT2D eigenvalue weighted by Gasteiger charge is -2.33. The molecular weight excluding hydrogens is 344 g/mol. The van der Waals surface area contributed by atoms with Gasteiger partial charge in [0.15, 0.2) is 5.54 Å². The molecule has 6 nitrogen and oxygen atoms in total. The van der Waals surface area contributed by atoms with Crippen molar-refractivity contribution in [1.29, 1.82) is 0 Å². The summed E-state index contributed by atoms with van der Waals surface area (Å²) in [5.74, 6) is 1.26. The summed E-state index contributed by atoms with van der Waals surface area (Å²) in [4.78, 5) is 19.8. The van der Waals surface area contributed by atoms with Gasteiger partial charge in [-0.15, -0.1) is 6.58 Å². The summed E-state index contributed by atoms with van der Waals surface area (Å²) in [5.41, 5.74) is -0.0769. The molecule has 0 aromatic heterocycles. The van der Waals surface area contributed by atoms with E-state index < -0.39 is 5.54 Å². The predicted octanol–water partition coefficient (Wildman–Crippen LogP) is 2.55. The Morgan fingerprint density at radius 3 is 2.70 bits per heavy atom. The molecule has 0 aliphatic carbocycles. The van der Waals surface area contributed by atoms with Crippen LogP contribution in [0, 0.1) is 0 Å². The first-order valence-corrected chi connectivity index (χ1v) is 9.65. The highest BCUT2D eigenvalue weighted by atomic mass is 16.5. The third-order valence-corrected chi connectivity index (χ3v) is 4.96. The quantitative estimate of drug-likeness (QED) is 0.562. The van der Waals surface area contributed by atoms with Crippen LogP contribution in [0.3, 0.4) is 0 Å². The maximum Gasteiger partial charge on any atom is 0.254 e. The lowest BCUT2D eigenvalue weighted by Crippen LogP contribution is -2.50. The van der Waals surface area contributed by atoms with E-state index in [1.54, 1.807) is 6.08 Å². The Kier molecular flexibility index (Phi) is 6.50. The summed E-state index contributed by atoms with van der Waals surface area (Å²) in [6, 6.07) is 7.45. The van der Waals surface area contributed by atoms with Crippen molar-refractivity contribution in [2.75, 3.05) is 32.9 Å². The number of aliphatic hydroxyl groups excluding tert-OH is 1. The molecule has 0 unspecified atom stereocenters. The van der Waals surface area contributed by atoms with Crippen molar-refractivity contribution in [3.8, 4) is 5.75 Å². The summed E-state index contributed by atoms with van der Waals surface area (Å²) < 4.78 is 11.4. The highest BCUT2D eigenvalue weighted by Gasteiger charge is 2.45. The number of rotatable bonds is 8. The van der Waals surface area contributed by atoms with Crippen LogP contribution in [0.25, 0.3) is 0 Å². The van der Waals surface area contributed by atoms with Crippen LogP contribution in [0.1, 0.15) is 37.7 Å². The summed E-state index contributed by atoms with van der Waals surface area (Å²) in [6.45, 7) is 6.23. The summed E-state index contributed by atoms with van der Waals surface area (Å²) >= 11 is 0. The van der Waals surface area contributed by atoms with Crippen LogP contribution >= 0.6 is 0 Å². The maximum atomic E-state index is 13.1. The Balaban J connectivity index is 1.75. The molecule has 146 valence electrons. The maximum absolute atomic E-state index is 13.1. The molecule has 1 aromatic carbocycles. The SMILES string of the molecule is C=CC[C@]1(C(=O)N2CCCCC2)COC(c2ccc(OCCCO)cc2)=N1. The Labute approximate surface area is 160 Å². The second kappa shape index (κ2) is 9.04. The number of hydrogen-bond donors (Lipinski definition) is 1. The molecule has 0 saturated carbocycles. The molecule has 3 rings (SSSR count). The van der Waals surface area contributed by atoms with E-state index in [1.165, 1.54) is 6.42 Å². The summed E-state index contributed by atoms with van der Waals surface area (Å²) in [5, 5.41) is 8.81. The monoisotopic (exact) mass is 372 g/mol. The molecule has 0 spiro atoms. The van der Waals surface area contributed by atoms with E-state index in [9.17, 15) is 4.79 Å². The van der Waals surface area contributed by atoms with Gasteiger partial charge in [0, 0.05) is 38.1 Å². The van der Waals surface area contributed by atoms with Gasteiger partial charge in [-0.25, -0.2) is 4.99 Å². The van der Waals surface area contributed by atoms with Crippen molar-refractivity contribution in [3.05, 3.63) is 42.5 Å². The number of carbonyl (C=O) groups is 1. The Hall–Kier alpha value is -2.34. The van der Waals surface area contributed by atoms with Crippen LogP contribution in [0.5, 0.6) is 5.75 Å². The molecule has 1 aromatic rings. The average Bonchev–Trinajstić information content (AvgIpc) is 3.14. The van der Waals surface area contributed by atoms with Gasteiger partial charge in [-0.2, -0.15) is 0 Å². The van der Waals surface area contributed by atoms with Crippen molar-refractivity contribution < 1.29 is 19.4 Å². The fourth-order valence-corrected chi connectivity index (χ4v) is 3.47. The third kappa shape index (κ3) is 4.50. The van der Waals surface area contributed by atoms with Crippen LogP contribution in [0.4, 0.5) is 0 Å². The zero-order valence-corrected chi connectivity index (χ0v) is 15.7. The number of aliphatic imine (C=N–C) groups is 1. The second-order valence-corrected chi connectivity index (χ2v) is 7.03. The van der Waals surface area contributed by atoms with Crippen molar-refractivity contribution in [3.63, 3.8) is 0 Å². The molecule has 1 amide bonds. The van der Waals surface area contributed by atoms with Gasteiger partial charge in [-0.3, -0.25) is 4.79 Å². The van der Waals surface area contributed by atoms with Gasteiger partial charge in [0.2, 0.25) is 5.90 Å². The molecule has 1 fully saturated rings. The largest absolute Gasteiger partial charge is 0.494 e. The van der Waals surface area contributed by atoms with Crippen molar-refractivity contribution in [2.45, 2.75) is 37.6 Å². The second-order valence-electron chi connectivity index (χ2n) is 7.03. The number of likely N-dealkylation sites (tertiary alicyclic amines) is 1. The average molecular weight is 372 g/mol. The van der Waals surface area contributed by atoms with Crippen LogP contribution in [-0.2, 0) is 9.53 Å². The van der Waals surface area contributed by atoms with Crippen molar-refractivity contribution >= 4 is 11.8 Å². The van der Waals surface area contributed by atoms with E-state index >= 15 is 0 Å². The fourth-order valence-electron chi connectivity index (χ4n) is 3.47. The smallest absolute Gasteiger partial charge is 0.254 e. The van der Waals surface area contributed by atoms with Crippen LogP contribution in [-0.4, -0.2) is 60.3 Å². The van der Waals surface area contributed by atoms with Gasteiger partial charge in [0.25, 0.3) is 5.91 Å². The molecule has 2 aliphatic heterocycles. The first-order valence-electron chi connectivity index (χ1n) is 9.65. The number of hydrogen-bond acceptors (Lipinski definition) is 5. The number of benzene rings is 1. The molecular formula is C21H28N2O4. The standard InChI is InChI=1S/C21H28N2O4/c1-2-11-21(20(25)23-12-4-3-5-13-23)16-27-19(22-21)17-7-9-18(10-8-17)26-15-6-14-24/h2,7-10,24H,1,3-6,11-16H2/t21-/m1/s1. The van der Waals surface area contributed by atoms with Crippen molar-refractivity contribution in [2.24, 2.45) is 4.99 Å². The minimum Gasteiger partial charge on any atom is -0.494 e. The predicted molar refractivity (Wildman–Crippen MR) is 104 cm³/mol. The summed E-state index contributed by atoms with van der Waals surface area (Å²) in [6.07, 6.45) is 6.08. The molecule has 2 aliphatic rings. The topological polar surface area (TPSA) is 71.4 Å². The van der Waals surface area contributed by atoms with Crippen LogP contribution in [0.15, 0.2) is 41.9 Å². The number of amides is 1. The Morgan fingerprint density at radius 2 is 2.04 bits per heavy atom. The molecule has 0 bridgehead atoms. The zero-order chi connectivity index (χ0) is 19.1. The number of piperidine rings is 1. The molecule has 1 N–H and O–H groups in total. The van der Waals surface area contributed by atoms with E-state index in [0.29, 0.717) is 25.3 Å². The molecule has 27 heavy (non-hydrogen) atoms. The number of nitrogens with zero attached hydrogens (tertiary/aromatic N) is 2. The zero-order valence-electron chi connectivity index (χ0n) is 15.7. The van der Waals surface area contributed by atoms with Crippen LogP contribution < -0.4 is 4.74 Å². The van der Waals surface area contributed by atoms with E-state index in [0.717, 1.165) is 37.2 Å². The van der Waals surface area contributed by atoms with E-state index in [4.69, 9.17) is 19.6 Å². The summed E-state index contributed by atoms with van der Waals surface area (Å²) in [7, 11) is 0. The number of ether oxygens (including phenoxy) is 2.